The molecule has 0 aromatic rings. The SMILES string of the molecule is C=C1CCC2C3C(C)CC4CCCCC4(C)C3CCC12C. The van der Waals surface area contributed by atoms with Crippen molar-refractivity contribution in [2.45, 2.75) is 78.6 Å². The van der Waals surface area contributed by atoms with E-state index in [-0.39, 0.29) is 0 Å². The van der Waals surface area contributed by atoms with Crippen LogP contribution < -0.4 is 0 Å². The topological polar surface area (TPSA) is 0 Å². The molecule has 7 unspecified atom stereocenters. The van der Waals surface area contributed by atoms with Crippen molar-refractivity contribution in [2.24, 2.45) is 40.4 Å². The fourth-order valence-electron chi connectivity index (χ4n) is 7.58. The summed E-state index contributed by atoms with van der Waals surface area (Å²) in [6, 6.07) is 0. The minimum Gasteiger partial charge on any atom is -0.0993 e. The lowest BCUT2D eigenvalue weighted by Gasteiger charge is -2.62. The Balaban J connectivity index is 1.71. The van der Waals surface area contributed by atoms with E-state index in [0.29, 0.717) is 10.8 Å². The van der Waals surface area contributed by atoms with Gasteiger partial charge in [0.15, 0.2) is 0 Å². The van der Waals surface area contributed by atoms with Gasteiger partial charge in [0.1, 0.15) is 0 Å². The van der Waals surface area contributed by atoms with E-state index in [0.717, 1.165) is 29.6 Å². The molecule has 21 heavy (non-hydrogen) atoms. The summed E-state index contributed by atoms with van der Waals surface area (Å²) in [5.74, 6) is 4.98. The van der Waals surface area contributed by atoms with Crippen molar-refractivity contribution in [3.63, 3.8) is 0 Å². The second-order valence-corrected chi connectivity index (χ2v) is 9.55. The van der Waals surface area contributed by atoms with Crippen molar-refractivity contribution in [3.8, 4) is 0 Å². The summed E-state index contributed by atoms with van der Waals surface area (Å²) < 4.78 is 0. The van der Waals surface area contributed by atoms with Crippen LogP contribution in [0.15, 0.2) is 12.2 Å². The highest BCUT2D eigenvalue weighted by atomic mass is 14.6. The van der Waals surface area contributed by atoms with Gasteiger partial charge in [-0.25, -0.2) is 0 Å². The lowest BCUT2D eigenvalue weighted by molar-refractivity contribution is -0.123. The number of rotatable bonds is 0. The van der Waals surface area contributed by atoms with Gasteiger partial charge in [0.05, 0.1) is 0 Å². The van der Waals surface area contributed by atoms with Crippen LogP contribution >= 0.6 is 0 Å². The third-order valence-corrected chi connectivity index (χ3v) is 8.90. The van der Waals surface area contributed by atoms with Gasteiger partial charge in [-0.3, -0.25) is 0 Å². The molecule has 0 aromatic heterocycles. The Morgan fingerprint density at radius 3 is 2.62 bits per heavy atom. The highest BCUT2D eigenvalue weighted by Crippen LogP contribution is 2.68. The van der Waals surface area contributed by atoms with E-state index in [2.05, 4.69) is 27.4 Å². The zero-order chi connectivity index (χ0) is 14.8. The molecular weight excluding hydrogens is 252 g/mol. The average molecular weight is 287 g/mol. The van der Waals surface area contributed by atoms with Crippen LogP contribution in [0.1, 0.15) is 78.6 Å². The van der Waals surface area contributed by atoms with Crippen molar-refractivity contribution in [1.82, 2.24) is 0 Å². The Bertz CT molecular complexity index is 449. The highest BCUT2D eigenvalue weighted by molar-refractivity contribution is 5.21. The molecule has 4 saturated carbocycles. The molecule has 0 heterocycles. The van der Waals surface area contributed by atoms with Crippen LogP contribution in [0, 0.1) is 40.4 Å². The molecule has 0 aromatic carbocycles. The Labute approximate surface area is 131 Å². The highest BCUT2D eigenvalue weighted by Gasteiger charge is 2.59. The van der Waals surface area contributed by atoms with E-state index in [1.54, 1.807) is 5.57 Å². The molecule has 0 bridgehead atoms. The van der Waals surface area contributed by atoms with Gasteiger partial charge in [-0.15, -0.1) is 0 Å². The fraction of sp³-hybridized carbons (Fsp3) is 0.905. The number of hydrogen-bond donors (Lipinski definition) is 0. The van der Waals surface area contributed by atoms with Crippen molar-refractivity contribution in [3.05, 3.63) is 12.2 Å². The van der Waals surface area contributed by atoms with E-state index in [4.69, 9.17) is 0 Å². The standard InChI is InChI=1S/C21H34/c1-14-13-16-7-5-6-11-21(16,4)18-10-12-20(3)15(2)8-9-17(20)19(14)18/h14,16-19H,2,5-13H2,1,3-4H3. The molecule has 4 aliphatic carbocycles. The van der Waals surface area contributed by atoms with E-state index in [1.165, 1.54) is 57.8 Å². The van der Waals surface area contributed by atoms with Crippen LogP contribution in [-0.4, -0.2) is 0 Å². The zero-order valence-electron chi connectivity index (χ0n) is 14.5. The quantitative estimate of drug-likeness (QED) is 0.464. The van der Waals surface area contributed by atoms with Crippen LogP contribution in [-0.2, 0) is 0 Å². The molecule has 0 nitrogen and oxygen atoms in total. The second kappa shape index (κ2) is 4.62. The Morgan fingerprint density at radius 2 is 1.81 bits per heavy atom. The number of allylic oxidation sites excluding steroid dienone is 1. The van der Waals surface area contributed by atoms with E-state index in [1.807, 2.05) is 0 Å². The lowest BCUT2D eigenvalue weighted by atomic mass is 9.43. The molecule has 0 saturated heterocycles. The first-order chi connectivity index (χ1) is 9.97. The van der Waals surface area contributed by atoms with Crippen molar-refractivity contribution in [2.75, 3.05) is 0 Å². The molecule has 4 fully saturated rings. The van der Waals surface area contributed by atoms with Gasteiger partial charge in [0.25, 0.3) is 0 Å². The molecule has 0 N–H and O–H groups in total. The minimum atomic E-state index is 0.493. The molecule has 118 valence electrons. The number of fused-ring (bicyclic) bond motifs is 5. The molecule has 4 rings (SSSR count). The van der Waals surface area contributed by atoms with Crippen LogP contribution in [0.5, 0.6) is 0 Å². The summed E-state index contributed by atoms with van der Waals surface area (Å²) in [5.41, 5.74) is 2.77. The van der Waals surface area contributed by atoms with Crippen LogP contribution in [0.3, 0.4) is 0 Å². The Morgan fingerprint density at radius 1 is 1.00 bits per heavy atom. The number of hydrogen-bond acceptors (Lipinski definition) is 0. The summed E-state index contributed by atoms with van der Waals surface area (Å²) in [5, 5.41) is 0. The summed E-state index contributed by atoms with van der Waals surface area (Å²) in [6.45, 7) is 12.3. The largest absolute Gasteiger partial charge is 0.0993 e. The van der Waals surface area contributed by atoms with Crippen molar-refractivity contribution >= 4 is 0 Å². The molecule has 0 amide bonds. The van der Waals surface area contributed by atoms with E-state index in [9.17, 15) is 0 Å². The second-order valence-electron chi connectivity index (χ2n) is 9.55. The summed E-state index contributed by atoms with van der Waals surface area (Å²) >= 11 is 0. The van der Waals surface area contributed by atoms with Gasteiger partial charge in [-0.05, 0) is 85.4 Å². The summed E-state index contributed by atoms with van der Waals surface area (Å²) in [4.78, 5) is 0. The predicted molar refractivity (Wildman–Crippen MR) is 90.0 cm³/mol. The van der Waals surface area contributed by atoms with Crippen LogP contribution in [0.4, 0.5) is 0 Å². The Hall–Kier alpha value is -0.260. The molecule has 0 radical (unpaired) electrons. The van der Waals surface area contributed by atoms with Crippen molar-refractivity contribution < 1.29 is 0 Å². The first kappa shape index (κ1) is 14.3. The summed E-state index contributed by atoms with van der Waals surface area (Å²) in [7, 11) is 0. The minimum absolute atomic E-state index is 0.493. The van der Waals surface area contributed by atoms with Crippen LogP contribution in [0.2, 0.25) is 0 Å². The lowest BCUT2D eigenvalue weighted by Crippen LogP contribution is -2.54. The molecule has 7 atom stereocenters. The maximum Gasteiger partial charge on any atom is -0.00878 e. The van der Waals surface area contributed by atoms with Gasteiger partial charge in [0.2, 0.25) is 0 Å². The third kappa shape index (κ3) is 1.80. The van der Waals surface area contributed by atoms with Gasteiger partial charge in [0, 0.05) is 0 Å². The van der Waals surface area contributed by atoms with Gasteiger partial charge in [-0.1, -0.05) is 45.8 Å². The first-order valence-electron chi connectivity index (χ1n) is 9.65. The third-order valence-electron chi connectivity index (χ3n) is 8.90. The predicted octanol–water partition coefficient (Wildman–Crippen LogP) is 6.22. The van der Waals surface area contributed by atoms with Crippen molar-refractivity contribution in [1.29, 1.82) is 0 Å². The van der Waals surface area contributed by atoms with Crippen LogP contribution in [0.25, 0.3) is 0 Å². The maximum absolute atomic E-state index is 4.47. The fourth-order valence-corrected chi connectivity index (χ4v) is 7.58. The molecule has 0 aliphatic heterocycles. The normalized spacial score (nSPS) is 56.5. The van der Waals surface area contributed by atoms with Gasteiger partial charge < -0.3 is 0 Å². The van der Waals surface area contributed by atoms with Gasteiger partial charge in [-0.2, -0.15) is 0 Å². The molecule has 0 spiro atoms. The zero-order valence-corrected chi connectivity index (χ0v) is 14.5. The summed E-state index contributed by atoms with van der Waals surface area (Å²) in [6.07, 6.45) is 13.3. The first-order valence-corrected chi connectivity index (χ1v) is 9.65. The van der Waals surface area contributed by atoms with E-state index < -0.39 is 0 Å². The smallest absolute Gasteiger partial charge is 0.00878 e. The molecule has 0 heteroatoms. The Kier molecular flexibility index (Phi) is 3.15. The molecule has 4 aliphatic rings. The van der Waals surface area contributed by atoms with Gasteiger partial charge >= 0.3 is 0 Å². The van der Waals surface area contributed by atoms with E-state index >= 15 is 0 Å². The average Bonchev–Trinajstić information content (AvgIpc) is 2.76. The maximum atomic E-state index is 4.47. The monoisotopic (exact) mass is 286 g/mol. The molecular formula is C21H34.